The second kappa shape index (κ2) is 6.13. The maximum atomic E-state index is 12.9. The summed E-state index contributed by atoms with van der Waals surface area (Å²) in [4.78, 5) is 11.6. The van der Waals surface area contributed by atoms with E-state index in [1.165, 1.54) is 18.3 Å². The number of sulfone groups is 1. The van der Waals surface area contributed by atoms with Gasteiger partial charge in [-0.05, 0) is 30.0 Å². The predicted octanol–water partition coefficient (Wildman–Crippen LogP) is 1.10. The number of hydrogen-bond donors (Lipinski definition) is 1. The van der Waals surface area contributed by atoms with Gasteiger partial charge in [0.2, 0.25) is 5.91 Å². The predicted molar refractivity (Wildman–Crippen MR) is 73.5 cm³/mol. The fourth-order valence-electron chi connectivity index (χ4n) is 2.11. The Kier molecular flexibility index (Phi) is 4.49. The normalized spacial score (nSPS) is 21.1. The number of hydrogen-bond acceptors (Lipinski definition) is 4. The first kappa shape index (κ1) is 14.6. The Hall–Kier alpha value is -1.76. The third-order valence-corrected chi connectivity index (χ3v) is 4.89. The summed E-state index contributed by atoms with van der Waals surface area (Å²) in [7, 11) is -2.97. The fourth-order valence-corrected chi connectivity index (χ4v) is 3.97. The molecule has 7 heteroatoms. The Morgan fingerprint density at radius 2 is 2.30 bits per heavy atom. The lowest BCUT2D eigenvalue weighted by atomic mass is 10.1. The third kappa shape index (κ3) is 4.41. The van der Waals surface area contributed by atoms with Crippen molar-refractivity contribution in [2.45, 2.75) is 12.8 Å². The van der Waals surface area contributed by atoms with Gasteiger partial charge in [-0.15, -0.1) is 0 Å². The zero-order valence-corrected chi connectivity index (χ0v) is 11.6. The summed E-state index contributed by atoms with van der Waals surface area (Å²) in [5.74, 6) is -0.633. The molecule has 0 aromatic heterocycles. The maximum absolute atomic E-state index is 12.9. The number of rotatable bonds is 4. The quantitative estimate of drug-likeness (QED) is 0.668. The van der Waals surface area contributed by atoms with Crippen LogP contribution in [0.4, 0.5) is 4.39 Å². The second-order valence-corrected chi connectivity index (χ2v) is 7.05. The van der Waals surface area contributed by atoms with Crippen LogP contribution < -0.4 is 5.43 Å². The van der Waals surface area contributed by atoms with Crippen molar-refractivity contribution in [3.63, 3.8) is 0 Å². The van der Waals surface area contributed by atoms with Crippen molar-refractivity contribution in [1.29, 1.82) is 0 Å². The molecule has 1 aliphatic rings. The summed E-state index contributed by atoms with van der Waals surface area (Å²) < 4.78 is 35.4. The van der Waals surface area contributed by atoms with Gasteiger partial charge in [0.1, 0.15) is 5.82 Å². The van der Waals surface area contributed by atoms with Crippen LogP contribution in [0.5, 0.6) is 0 Å². The minimum Gasteiger partial charge on any atom is -0.273 e. The van der Waals surface area contributed by atoms with Crippen LogP contribution in [0.1, 0.15) is 18.4 Å². The van der Waals surface area contributed by atoms with Crippen LogP contribution in [-0.2, 0) is 14.6 Å². The van der Waals surface area contributed by atoms with Gasteiger partial charge in [0, 0.05) is 6.42 Å². The van der Waals surface area contributed by atoms with E-state index in [4.69, 9.17) is 0 Å². The highest BCUT2D eigenvalue weighted by molar-refractivity contribution is 7.91. The van der Waals surface area contributed by atoms with Gasteiger partial charge in [0.15, 0.2) is 9.84 Å². The second-order valence-electron chi connectivity index (χ2n) is 4.82. The van der Waals surface area contributed by atoms with Gasteiger partial charge in [0.25, 0.3) is 0 Å². The summed E-state index contributed by atoms with van der Waals surface area (Å²) in [5.41, 5.74) is 2.85. The molecule has 2 rings (SSSR count). The lowest BCUT2D eigenvalue weighted by molar-refractivity contribution is -0.121. The van der Waals surface area contributed by atoms with E-state index < -0.39 is 9.84 Å². The largest absolute Gasteiger partial charge is 0.273 e. The molecule has 1 aliphatic heterocycles. The molecular formula is C13H15FN2O3S. The van der Waals surface area contributed by atoms with Gasteiger partial charge >= 0.3 is 0 Å². The maximum Gasteiger partial charge on any atom is 0.240 e. The van der Waals surface area contributed by atoms with Crippen molar-refractivity contribution in [1.82, 2.24) is 5.43 Å². The molecule has 1 N–H and O–H groups in total. The molecule has 1 saturated heterocycles. The van der Waals surface area contributed by atoms with Crippen molar-refractivity contribution >= 4 is 22.0 Å². The van der Waals surface area contributed by atoms with Gasteiger partial charge in [-0.25, -0.2) is 18.2 Å². The number of amides is 1. The highest BCUT2D eigenvalue weighted by Gasteiger charge is 2.29. The molecule has 0 aliphatic carbocycles. The van der Waals surface area contributed by atoms with Gasteiger partial charge in [-0.3, -0.25) is 4.79 Å². The number of nitrogens with zero attached hydrogens (tertiary/aromatic N) is 1. The monoisotopic (exact) mass is 298 g/mol. The molecule has 108 valence electrons. The summed E-state index contributed by atoms with van der Waals surface area (Å²) in [5, 5.41) is 3.72. The average Bonchev–Trinajstić information content (AvgIpc) is 2.68. The molecule has 5 nitrogen and oxygen atoms in total. The Morgan fingerprint density at radius 3 is 2.95 bits per heavy atom. The zero-order chi connectivity index (χ0) is 14.6. The molecule has 20 heavy (non-hydrogen) atoms. The molecule has 1 amide bonds. The Labute approximate surface area is 116 Å². The lowest BCUT2D eigenvalue weighted by Gasteiger charge is -2.05. The van der Waals surface area contributed by atoms with E-state index in [9.17, 15) is 17.6 Å². The highest BCUT2D eigenvalue weighted by Crippen LogP contribution is 2.21. The molecule has 1 heterocycles. The first-order valence-electron chi connectivity index (χ1n) is 6.22. The van der Waals surface area contributed by atoms with Crippen LogP contribution >= 0.6 is 0 Å². The number of nitrogens with one attached hydrogen (secondary N) is 1. The Bertz CT molecular complexity index is 628. The molecule has 0 unspecified atom stereocenters. The van der Waals surface area contributed by atoms with Crippen LogP contribution in [0.15, 0.2) is 29.4 Å². The van der Waals surface area contributed by atoms with E-state index in [1.807, 2.05) is 0 Å². The molecule has 1 atom stereocenters. The first-order chi connectivity index (χ1) is 9.44. The SMILES string of the molecule is O=C(C[C@@H]1CCS(=O)(=O)C1)N/N=C\c1cccc(F)c1. The topological polar surface area (TPSA) is 75.6 Å². The standard InChI is InChI=1S/C13H15FN2O3S/c14-12-3-1-2-10(6-12)8-15-16-13(17)7-11-4-5-20(18,19)9-11/h1-3,6,8,11H,4-5,7,9H2,(H,16,17)/b15-8-/t11-/m0/s1. The summed E-state index contributed by atoms with van der Waals surface area (Å²) in [6, 6.07) is 5.81. The van der Waals surface area contributed by atoms with Crippen LogP contribution in [0.25, 0.3) is 0 Å². The van der Waals surface area contributed by atoms with Gasteiger partial charge in [0.05, 0.1) is 17.7 Å². The van der Waals surface area contributed by atoms with Gasteiger partial charge in [-0.1, -0.05) is 12.1 Å². The van der Waals surface area contributed by atoms with Crippen LogP contribution in [0, 0.1) is 11.7 Å². The van der Waals surface area contributed by atoms with Crippen molar-refractivity contribution in [3.8, 4) is 0 Å². The van der Waals surface area contributed by atoms with Crippen LogP contribution in [0.2, 0.25) is 0 Å². The molecule has 1 fully saturated rings. The summed E-state index contributed by atoms with van der Waals surface area (Å²) in [6.45, 7) is 0. The molecule has 0 saturated carbocycles. The number of carbonyl (C=O) groups is 1. The van der Waals surface area contributed by atoms with Crippen LogP contribution in [0.3, 0.4) is 0 Å². The number of halogens is 1. The van der Waals surface area contributed by atoms with E-state index >= 15 is 0 Å². The highest BCUT2D eigenvalue weighted by atomic mass is 32.2. The number of benzene rings is 1. The van der Waals surface area contributed by atoms with E-state index in [2.05, 4.69) is 10.5 Å². The van der Waals surface area contributed by atoms with Crippen molar-refractivity contribution in [2.75, 3.05) is 11.5 Å². The summed E-state index contributed by atoms with van der Waals surface area (Å²) in [6.07, 6.45) is 2.00. The number of carbonyl (C=O) groups excluding carboxylic acids is 1. The third-order valence-electron chi connectivity index (χ3n) is 3.05. The molecule has 0 spiro atoms. The molecule has 1 aromatic rings. The zero-order valence-electron chi connectivity index (χ0n) is 10.8. The van der Waals surface area contributed by atoms with Gasteiger partial charge in [-0.2, -0.15) is 5.10 Å². The van der Waals surface area contributed by atoms with E-state index in [1.54, 1.807) is 12.1 Å². The van der Waals surface area contributed by atoms with E-state index in [0.29, 0.717) is 12.0 Å². The van der Waals surface area contributed by atoms with Gasteiger partial charge < -0.3 is 0 Å². The molecule has 1 aromatic carbocycles. The summed E-state index contributed by atoms with van der Waals surface area (Å²) >= 11 is 0. The van der Waals surface area contributed by atoms with Crippen LogP contribution in [-0.4, -0.2) is 32.0 Å². The molecular weight excluding hydrogens is 283 g/mol. The van der Waals surface area contributed by atoms with Crippen molar-refractivity contribution in [2.24, 2.45) is 11.0 Å². The smallest absolute Gasteiger partial charge is 0.240 e. The first-order valence-corrected chi connectivity index (χ1v) is 8.05. The lowest BCUT2D eigenvalue weighted by Crippen LogP contribution is -2.21. The van der Waals surface area contributed by atoms with Crippen molar-refractivity contribution in [3.05, 3.63) is 35.6 Å². The molecule has 0 bridgehead atoms. The Balaban J connectivity index is 1.81. The Morgan fingerprint density at radius 1 is 1.50 bits per heavy atom. The van der Waals surface area contributed by atoms with E-state index in [-0.39, 0.29) is 35.6 Å². The van der Waals surface area contributed by atoms with Crippen molar-refractivity contribution < 1.29 is 17.6 Å². The minimum atomic E-state index is -2.97. The van der Waals surface area contributed by atoms with E-state index in [0.717, 1.165) is 0 Å². The fraction of sp³-hybridized carbons (Fsp3) is 0.385. The average molecular weight is 298 g/mol. The number of hydrazone groups is 1. The minimum absolute atomic E-state index is 0.0635. The molecule has 0 radical (unpaired) electrons.